The molecule has 0 spiro atoms. The molecule has 0 unspecified atom stereocenters. The Kier molecular flexibility index (Phi) is 7.81. The number of fused-ring (bicyclic) bond motifs is 1. The number of carboxylic acid groups (broad SMARTS) is 1. The zero-order valence-electron chi connectivity index (χ0n) is 21.3. The van der Waals surface area contributed by atoms with Gasteiger partial charge in [-0.05, 0) is 65.9 Å². The monoisotopic (exact) mass is 523 g/mol. The highest BCUT2D eigenvalue weighted by Gasteiger charge is 2.25. The Labute approximate surface area is 228 Å². The quantitative estimate of drug-likeness (QED) is 0.202. The molecule has 4 nitrogen and oxygen atoms in total. The Balaban J connectivity index is 1.46. The van der Waals surface area contributed by atoms with Gasteiger partial charge in [-0.1, -0.05) is 84.4 Å². The van der Waals surface area contributed by atoms with E-state index in [0.717, 1.165) is 27.2 Å². The van der Waals surface area contributed by atoms with Crippen molar-refractivity contribution in [3.8, 4) is 5.75 Å². The molecule has 0 atom stereocenters. The number of aromatic nitrogens is 1. The van der Waals surface area contributed by atoms with E-state index >= 15 is 0 Å². The van der Waals surface area contributed by atoms with Crippen molar-refractivity contribution in [3.05, 3.63) is 136 Å². The van der Waals surface area contributed by atoms with E-state index in [2.05, 4.69) is 84.3 Å². The summed E-state index contributed by atoms with van der Waals surface area (Å²) in [5, 5.41) is 10.8. The molecule has 1 heterocycles. The Morgan fingerprint density at radius 2 is 1.53 bits per heavy atom. The number of halogens is 1. The Morgan fingerprint density at radius 3 is 2.13 bits per heavy atom. The summed E-state index contributed by atoms with van der Waals surface area (Å²) in [7, 11) is 0. The van der Waals surface area contributed by atoms with Gasteiger partial charge in [-0.15, -0.1) is 0 Å². The third kappa shape index (κ3) is 5.61. The van der Waals surface area contributed by atoms with Gasteiger partial charge in [0.05, 0.1) is 6.54 Å². The SMILES string of the molecule is Cc1c(C(c2ccccc2)c2ccccc2)c2cc(Cl)ccc2n1CCOc1ccc(CCC(=O)O)cc1. The van der Waals surface area contributed by atoms with Crippen LogP contribution in [0.25, 0.3) is 10.9 Å². The van der Waals surface area contributed by atoms with Crippen LogP contribution in [0, 0.1) is 6.92 Å². The van der Waals surface area contributed by atoms with Crippen LogP contribution in [-0.2, 0) is 17.8 Å². The van der Waals surface area contributed by atoms with E-state index < -0.39 is 5.97 Å². The van der Waals surface area contributed by atoms with E-state index in [4.69, 9.17) is 21.4 Å². The summed E-state index contributed by atoms with van der Waals surface area (Å²) in [6.07, 6.45) is 0.638. The Bertz CT molecular complexity index is 1490. The summed E-state index contributed by atoms with van der Waals surface area (Å²) >= 11 is 6.52. The molecule has 5 aromatic rings. The smallest absolute Gasteiger partial charge is 0.303 e. The fourth-order valence-corrected chi connectivity index (χ4v) is 5.38. The number of carboxylic acids is 1. The largest absolute Gasteiger partial charge is 0.492 e. The summed E-state index contributed by atoms with van der Waals surface area (Å²) in [5.74, 6) is 0.0499. The van der Waals surface area contributed by atoms with Crippen LogP contribution in [0.15, 0.2) is 103 Å². The van der Waals surface area contributed by atoms with E-state index in [0.29, 0.717) is 19.6 Å². The van der Waals surface area contributed by atoms with Crippen molar-refractivity contribution >= 4 is 28.5 Å². The zero-order valence-corrected chi connectivity index (χ0v) is 22.1. The number of carbonyl (C=O) groups is 1. The lowest BCUT2D eigenvalue weighted by molar-refractivity contribution is -0.136. The Morgan fingerprint density at radius 1 is 0.895 bits per heavy atom. The van der Waals surface area contributed by atoms with Crippen molar-refractivity contribution in [2.24, 2.45) is 0 Å². The minimum Gasteiger partial charge on any atom is -0.492 e. The van der Waals surface area contributed by atoms with Crippen molar-refractivity contribution in [1.29, 1.82) is 0 Å². The second-order valence-electron chi connectivity index (χ2n) is 9.45. The van der Waals surface area contributed by atoms with Crippen molar-refractivity contribution < 1.29 is 14.6 Å². The van der Waals surface area contributed by atoms with E-state index in [1.165, 1.54) is 22.4 Å². The van der Waals surface area contributed by atoms with Crippen LogP contribution in [0.2, 0.25) is 5.02 Å². The molecule has 0 saturated carbocycles. The van der Waals surface area contributed by atoms with Crippen LogP contribution in [0.5, 0.6) is 5.75 Å². The summed E-state index contributed by atoms with van der Waals surface area (Å²) in [4.78, 5) is 10.8. The first kappa shape index (κ1) is 25.6. The molecule has 0 aliphatic carbocycles. The van der Waals surface area contributed by atoms with Crippen LogP contribution >= 0.6 is 11.6 Å². The average molecular weight is 524 g/mol. The maximum Gasteiger partial charge on any atom is 0.303 e. The van der Waals surface area contributed by atoms with Crippen LogP contribution in [0.1, 0.15) is 40.3 Å². The molecule has 0 aliphatic heterocycles. The predicted octanol–water partition coefficient (Wildman–Crippen LogP) is 7.88. The normalized spacial score (nSPS) is 11.2. The first-order valence-electron chi connectivity index (χ1n) is 12.8. The van der Waals surface area contributed by atoms with E-state index in [9.17, 15) is 4.79 Å². The molecular formula is C33H30ClNO3. The third-order valence-electron chi connectivity index (χ3n) is 7.02. The van der Waals surface area contributed by atoms with Crippen LogP contribution in [0.3, 0.4) is 0 Å². The molecule has 4 aromatic carbocycles. The van der Waals surface area contributed by atoms with Gasteiger partial charge in [-0.25, -0.2) is 0 Å². The number of hydrogen-bond acceptors (Lipinski definition) is 2. The molecule has 0 fully saturated rings. The summed E-state index contributed by atoms with van der Waals surface area (Å²) in [6, 6.07) is 35.0. The minimum atomic E-state index is -0.790. The highest BCUT2D eigenvalue weighted by atomic mass is 35.5. The van der Waals surface area contributed by atoms with Crippen LogP contribution < -0.4 is 4.74 Å². The Hall–Kier alpha value is -4.02. The lowest BCUT2D eigenvalue weighted by Gasteiger charge is -2.20. The first-order valence-corrected chi connectivity index (χ1v) is 13.2. The second kappa shape index (κ2) is 11.6. The number of aliphatic carboxylic acids is 1. The first-order chi connectivity index (χ1) is 18.5. The van der Waals surface area contributed by atoms with Gasteiger partial charge in [0.1, 0.15) is 12.4 Å². The standard InChI is InChI=1S/C33H30ClNO3/c1-23-32(33(25-8-4-2-5-9-25)26-10-6-3-7-11-26)29-22-27(34)15-18-30(29)35(23)20-21-38-28-16-12-24(13-17-28)14-19-31(36)37/h2-13,15-18,22,33H,14,19-21H2,1H3,(H,36,37). The highest BCUT2D eigenvalue weighted by molar-refractivity contribution is 6.31. The number of aryl methyl sites for hydroxylation is 1. The molecular weight excluding hydrogens is 494 g/mol. The molecule has 5 heteroatoms. The molecule has 0 bridgehead atoms. The number of nitrogens with zero attached hydrogens (tertiary/aromatic N) is 1. The molecule has 5 rings (SSSR count). The highest BCUT2D eigenvalue weighted by Crippen LogP contribution is 2.40. The van der Waals surface area contributed by atoms with Crippen LogP contribution in [0.4, 0.5) is 0 Å². The molecule has 1 aromatic heterocycles. The molecule has 0 aliphatic rings. The van der Waals surface area contributed by atoms with E-state index in [1.807, 2.05) is 30.3 Å². The van der Waals surface area contributed by atoms with E-state index in [1.54, 1.807) is 0 Å². The number of hydrogen-bond donors (Lipinski definition) is 1. The fraction of sp³-hybridized carbons (Fsp3) is 0.182. The minimum absolute atomic E-state index is 0.0684. The molecule has 0 amide bonds. The van der Waals surface area contributed by atoms with Gasteiger partial charge < -0.3 is 14.4 Å². The van der Waals surface area contributed by atoms with Gasteiger partial charge in [0.15, 0.2) is 0 Å². The predicted molar refractivity (Wildman–Crippen MR) is 153 cm³/mol. The van der Waals surface area contributed by atoms with Gasteiger partial charge in [0.25, 0.3) is 0 Å². The maximum atomic E-state index is 10.8. The molecule has 0 saturated heterocycles. The van der Waals surface area contributed by atoms with Crippen molar-refractivity contribution in [1.82, 2.24) is 4.57 Å². The fourth-order valence-electron chi connectivity index (χ4n) is 5.21. The lowest BCUT2D eigenvalue weighted by Crippen LogP contribution is -2.11. The molecule has 1 N–H and O–H groups in total. The zero-order chi connectivity index (χ0) is 26.5. The molecule has 192 valence electrons. The number of rotatable bonds is 10. The maximum absolute atomic E-state index is 10.8. The van der Waals surface area contributed by atoms with Gasteiger partial charge >= 0.3 is 5.97 Å². The summed E-state index contributed by atoms with van der Waals surface area (Å²) < 4.78 is 8.41. The molecule has 38 heavy (non-hydrogen) atoms. The number of ether oxygens (including phenoxy) is 1. The summed E-state index contributed by atoms with van der Waals surface area (Å²) in [5.41, 5.74) is 7.03. The number of benzene rings is 4. The topological polar surface area (TPSA) is 51.5 Å². The van der Waals surface area contributed by atoms with Crippen LogP contribution in [-0.4, -0.2) is 22.2 Å². The summed E-state index contributed by atoms with van der Waals surface area (Å²) in [6.45, 7) is 3.36. The van der Waals surface area contributed by atoms with Gasteiger partial charge in [0.2, 0.25) is 0 Å². The van der Waals surface area contributed by atoms with Crippen molar-refractivity contribution in [3.63, 3.8) is 0 Å². The lowest BCUT2D eigenvalue weighted by atomic mass is 9.84. The second-order valence-corrected chi connectivity index (χ2v) is 9.89. The van der Waals surface area contributed by atoms with Gasteiger partial charge in [-0.3, -0.25) is 4.79 Å². The van der Waals surface area contributed by atoms with Crippen molar-refractivity contribution in [2.75, 3.05) is 6.61 Å². The molecule has 0 radical (unpaired) electrons. The van der Waals surface area contributed by atoms with Gasteiger partial charge in [-0.2, -0.15) is 0 Å². The van der Waals surface area contributed by atoms with Crippen molar-refractivity contribution in [2.45, 2.75) is 32.2 Å². The van der Waals surface area contributed by atoms with E-state index in [-0.39, 0.29) is 12.3 Å². The third-order valence-corrected chi connectivity index (χ3v) is 7.26. The van der Waals surface area contributed by atoms with Gasteiger partial charge in [0, 0.05) is 34.0 Å². The average Bonchev–Trinajstić information content (AvgIpc) is 3.20.